The van der Waals surface area contributed by atoms with E-state index in [0.29, 0.717) is 11.5 Å². The van der Waals surface area contributed by atoms with Crippen LogP contribution in [0, 0.1) is 0 Å². The molecule has 0 aliphatic carbocycles. The van der Waals surface area contributed by atoms with Gasteiger partial charge in [0.2, 0.25) is 0 Å². The number of fused-ring (bicyclic) bond motifs is 8. The molecule has 5 nitrogen and oxygen atoms in total. The minimum atomic E-state index is -1.09. The van der Waals surface area contributed by atoms with E-state index in [0.717, 1.165) is 38.2 Å². The van der Waals surface area contributed by atoms with Gasteiger partial charge in [0.15, 0.2) is 5.60 Å². The minimum Gasteiger partial charge on any atom is -0.508 e. The highest BCUT2D eigenvalue weighted by atomic mass is 16.6. The fourth-order valence-electron chi connectivity index (χ4n) is 4.67. The zero-order valence-corrected chi connectivity index (χ0v) is 16.0. The summed E-state index contributed by atoms with van der Waals surface area (Å²) >= 11 is 0. The highest BCUT2D eigenvalue weighted by Crippen LogP contribution is 2.57. The average Bonchev–Trinajstić information content (AvgIpc) is 3.01. The monoisotopic (exact) mass is 396 g/mol. The van der Waals surface area contributed by atoms with Crippen molar-refractivity contribution in [3.63, 3.8) is 0 Å². The Balaban J connectivity index is 1.76. The third kappa shape index (κ3) is 2.04. The molecule has 0 saturated carbocycles. The standard InChI is InChI=1S/C25H16O5/c1-13-10-22(28)30-25(13)20-8-2-14-11-16(26)4-6-18(14)23(20)29-24-19-7-5-17(27)12-15(19)3-9-21(24)25/h2-12,26-27H,1H3. The van der Waals surface area contributed by atoms with Crippen molar-refractivity contribution in [1.82, 2.24) is 0 Å². The first-order valence-electron chi connectivity index (χ1n) is 9.59. The Bertz CT molecular complexity index is 1360. The second kappa shape index (κ2) is 5.54. The second-order valence-corrected chi connectivity index (χ2v) is 7.73. The van der Waals surface area contributed by atoms with Crippen LogP contribution in [0.2, 0.25) is 0 Å². The van der Waals surface area contributed by atoms with Crippen LogP contribution in [0.15, 0.2) is 72.3 Å². The molecule has 4 aromatic rings. The quantitative estimate of drug-likeness (QED) is 0.397. The Morgan fingerprint density at radius 3 is 1.77 bits per heavy atom. The van der Waals surface area contributed by atoms with Crippen LogP contribution in [0.1, 0.15) is 18.1 Å². The largest absolute Gasteiger partial charge is 0.508 e. The summed E-state index contributed by atoms with van der Waals surface area (Å²) in [5.41, 5.74) is 1.17. The molecule has 0 unspecified atom stereocenters. The van der Waals surface area contributed by atoms with Gasteiger partial charge in [0.25, 0.3) is 0 Å². The molecule has 0 fully saturated rings. The fourth-order valence-corrected chi connectivity index (χ4v) is 4.67. The molecule has 0 saturated heterocycles. The van der Waals surface area contributed by atoms with Crippen LogP contribution >= 0.6 is 0 Å². The zero-order valence-electron chi connectivity index (χ0n) is 16.0. The van der Waals surface area contributed by atoms with Crippen molar-refractivity contribution in [2.75, 3.05) is 0 Å². The molecule has 0 bridgehead atoms. The SMILES string of the molecule is CC1=CC(=O)OC12c1ccc3cc(O)ccc3c1Oc1c2ccc2cc(O)ccc12. The van der Waals surface area contributed by atoms with Crippen molar-refractivity contribution < 1.29 is 24.5 Å². The molecule has 2 aliphatic heterocycles. The van der Waals surface area contributed by atoms with E-state index in [4.69, 9.17) is 9.47 Å². The molecule has 146 valence electrons. The van der Waals surface area contributed by atoms with Gasteiger partial charge < -0.3 is 19.7 Å². The molecule has 6 rings (SSSR count). The van der Waals surface area contributed by atoms with Gasteiger partial charge in [0, 0.05) is 28.0 Å². The zero-order chi connectivity index (χ0) is 20.6. The third-order valence-corrected chi connectivity index (χ3v) is 6.01. The average molecular weight is 396 g/mol. The van der Waals surface area contributed by atoms with Gasteiger partial charge in [-0.15, -0.1) is 0 Å². The Kier molecular flexibility index (Phi) is 3.12. The summed E-state index contributed by atoms with van der Waals surface area (Å²) < 4.78 is 12.5. The number of hydrogen-bond acceptors (Lipinski definition) is 5. The molecule has 0 aromatic heterocycles. The van der Waals surface area contributed by atoms with Crippen molar-refractivity contribution in [3.05, 3.63) is 83.4 Å². The lowest BCUT2D eigenvalue weighted by atomic mass is 9.77. The van der Waals surface area contributed by atoms with Crippen molar-refractivity contribution in [3.8, 4) is 23.0 Å². The van der Waals surface area contributed by atoms with Gasteiger partial charge >= 0.3 is 5.97 Å². The lowest BCUT2D eigenvalue weighted by Crippen LogP contribution is -2.33. The Morgan fingerprint density at radius 2 is 1.30 bits per heavy atom. The number of carbonyl (C=O) groups is 1. The molecule has 1 spiro atoms. The van der Waals surface area contributed by atoms with E-state index in [1.807, 2.05) is 31.2 Å². The molecular formula is C25H16O5. The Hall–Kier alpha value is -3.99. The maximum absolute atomic E-state index is 12.4. The maximum Gasteiger partial charge on any atom is 0.332 e. The number of ether oxygens (including phenoxy) is 2. The molecule has 0 radical (unpaired) electrons. The number of carbonyl (C=O) groups excluding carboxylic acids is 1. The van der Waals surface area contributed by atoms with Crippen LogP contribution in [0.5, 0.6) is 23.0 Å². The predicted octanol–water partition coefficient (Wildman–Crippen LogP) is 5.26. The number of phenolic OH excluding ortho intramolecular Hbond substituents is 2. The van der Waals surface area contributed by atoms with Crippen molar-refractivity contribution in [2.45, 2.75) is 12.5 Å². The Morgan fingerprint density at radius 1 is 0.767 bits per heavy atom. The van der Waals surface area contributed by atoms with Gasteiger partial charge in [0.05, 0.1) is 0 Å². The van der Waals surface area contributed by atoms with Crippen LogP contribution in [0.4, 0.5) is 0 Å². The normalized spacial score (nSPS) is 16.2. The second-order valence-electron chi connectivity index (χ2n) is 7.73. The third-order valence-electron chi connectivity index (χ3n) is 6.01. The topological polar surface area (TPSA) is 76.0 Å². The van der Waals surface area contributed by atoms with E-state index >= 15 is 0 Å². The van der Waals surface area contributed by atoms with E-state index in [1.165, 1.54) is 6.08 Å². The number of aromatic hydroxyl groups is 2. The van der Waals surface area contributed by atoms with Crippen molar-refractivity contribution in [2.24, 2.45) is 0 Å². The summed E-state index contributed by atoms with van der Waals surface area (Å²) in [6, 6.07) is 17.7. The van der Waals surface area contributed by atoms with Crippen LogP contribution in [-0.2, 0) is 15.1 Å². The van der Waals surface area contributed by atoms with E-state index < -0.39 is 11.6 Å². The maximum atomic E-state index is 12.4. The molecule has 2 N–H and O–H groups in total. The summed E-state index contributed by atoms with van der Waals surface area (Å²) in [6.07, 6.45) is 1.51. The number of phenols is 2. The van der Waals surface area contributed by atoms with Gasteiger partial charge in [-0.3, -0.25) is 0 Å². The lowest BCUT2D eigenvalue weighted by molar-refractivity contribution is -0.144. The molecule has 4 aromatic carbocycles. The first-order valence-corrected chi connectivity index (χ1v) is 9.59. The summed E-state index contributed by atoms with van der Waals surface area (Å²) in [6.45, 7) is 1.88. The number of rotatable bonds is 0. The highest BCUT2D eigenvalue weighted by molar-refractivity contribution is 5.98. The van der Waals surface area contributed by atoms with E-state index in [1.54, 1.807) is 36.4 Å². The van der Waals surface area contributed by atoms with Crippen molar-refractivity contribution in [1.29, 1.82) is 0 Å². The molecule has 0 atom stereocenters. The summed E-state index contributed by atoms with van der Waals surface area (Å²) in [4.78, 5) is 12.4. The summed E-state index contributed by atoms with van der Waals surface area (Å²) in [7, 11) is 0. The molecule has 5 heteroatoms. The molecular weight excluding hydrogens is 380 g/mol. The van der Waals surface area contributed by atoms with Gasteiger partial charge in [-0.05, 0) is 71.8 Å². The van der Waals surface area contributed by atoms with Gasteiger partial charge in [-0.25, -0.2) is 4.79 Å². The predicted molar refractivity (Wildman–Crippen MR) is 112 cm³/mol. The first kappa shape index (κ1) is 16.9. The van der Waals surface area contributed by atoms with Gasteiger partial charge in [-0.2, -0.15) is 0 Å². The Labute approximate surface area is 171 Å². The lowest BCUT2D eigenvalue weighted by Gasteiger charge is -2.38. The van der Waals surface area contributed by atoms with Crippen LogP contribution in [0.25, 0.3) is 21.5 Å². The van der Waals surface area contributed by atoms with Crippen LogP contribution in [-0.4, -0.2) is 16.2 Å². The van der Waals surface area contributed by atoms with Crippen LogP contribution < -0.4 is 4.74 Å². The summed E-state index contributed by atoms with van der Waals surface area (Å²) in [5, 5.41) is 23.0. The van der Waals surface area contributed by atoms with E-state index in [2.05, 4.69) is 0 Å². The van der Waals surface area contributed by atoms with Gasteiger partial charge in [0.1, 0.15) is 23.0 Å². The number of benzene rings is 4. The fraction of sp³-hybridized carbons (Fsp3) is 0.0800. The number of esters is 1. The number of hydrogen-bond donors (Lipinski definition) is 2. The van der Waals surface area contributed by atoms with E-state index in [-0.39, 0.29) is 11.5 Å². The van der Waals surface area contributed by atoms with E-state index in [9.17, 15) is 15.0 Å². The smallest absolute Gasteiger partial charge is 0.332 e. The molecule has 30 heavy (non-hydrogen) atoms. The minimum absolute atomic E-state index is 0.165. The molecule has 2 aliphatic rings. The van der Waals surface area contributed by atoms with Crippen molar-refractivity contribution >= 4 is 27.5 Å². The first-order chi connectivity index (χ1) is 14.5. The molecule has 0 amide bonds. The highest BCUT2D eigenvalue weighted by Gasteiger charge is 2.51. The van der Waals surface area contributed by atoms with Crippen LogP contribution in [0.3, 0.4) is 0 Å². The molecule has 2 heterocycles. The van der Waals surface area contributed by atoms with Gasteiger partial charge in [-0.1, -0.05) is 12.1 Å². The summed E-state index contributed by atoms with van der Waals surface area (Å²) in [5.74, 6) is 1.10.